The zero-order valence-corrected chi connectivity index (χ0v) is 10.5. The molecule has 3 rings (SSSR count). The van der Waals surface area contributed by atoms with Crippen molar-refractivity contribution in [2.45, 2.75) is 6.42 Å². The second-order valence-electron chi connectivity index (χ2n) is 3.98. The summed E-state index contributed by atoms with van der Waals surface area (Å²) in [5.41, 5.74) is 13.1. The molecule has 0 bridgehead atoms. The smallest absolute Gasteiger partial charge is 0.182 e. The number of anilines is 2. The topological polar surface area (TPSA) is 83.4 Å². The lowest BCUT2D eigenvalue weighted by Crippen LogP contribution is -1.97. The maximum absolute atomic E-state index is 5.88. The lowest BCUT2D eigenvalue weighted by atomic mass is 10.1. The van der Waals surface area contributed by atoms with Gasteiger partial charge >= 0.3 is 0 Å². The van der Waals surface area contributed by atoms with Crippen LogP contribution in [0, 0.1) is 0 Å². The summed E-state index contributed by atoms with van der Waals surface area (Å²) in [7, 11) is 0. The molecule has 94 valence electrons. The van der Waals surface area contributed by atoms with Crippen molar-refractivity contribution in [3.05, 3.63) is 18.2 Å². The number of nitrogens with zero attached hydrogens (tertiary/aromatic N) is 1. The number of nitrogen functional groups attached to an aromatic ring is 2. The molecule has 1 aliphatic rings. The Hall–Kier alpha value is -1.95. The van der Waals surface area contributed by atoms with Crippen molar-refractivity contribution in [3.63, 3.8) is 0 Å². The van der Waals surface area contributed by atoms with E-state index in [9.17, 15) is 0 Å². The van der Waals surface area contributed by atoms with Crippen LogP contribution in [-0.2, 0) is 0 Å². The van der Waals surface area contributed by atoms with Crippen LogP contribution in [0.15, 0.2) is 18.2 Å². The Bertz CT molecular complexity index is 583. The molecule has 1 aromatic heterocycles. The molecule has 0 amide bonds. The summed E-state index contributed by atoms with van der Waals surface area (Å²) in [5.74, 6) is 1.49. The van der Waals surface area contributed by atoms with Crippen LogP contribution in [0.1, 0.15) is 6.42 Å². The molecule has 0 atom stereocenters. The van der Waals surface area contributed by atoms with Gasteiger partial charge in [0.05, 0.1) is 13.2 Å². The highest BCUT2D eigenvalue weighted by molar-refractivity contribution is 7.19. The number of nitrogens with two attached hydrogens (primary N) is 2. The van der Waals surface area contributed by atoms with Gasteiger partial charge in [-0.1, -0.05) is 11.3 Å². The van der Waals surface area contributed by atoms with Crippen LogP contribution in [0.25, 0.3) is 11.3 Å². The molecule has 0 radical (unpaired) electrons. The van der Waals surface area contributed by atoms with E-state index in [1.165, 1.54) is 11.3 Å². The number of thiazole rings is 1. The SMILES string of the molecule is Nc1nc(-c2ccc3c(c2)OCCCO3)c(N)s1. The Morgan fingerprint density at radius 2 is 1.89 bits per heavy atom. The molecule has 2 aromatic rings. The fourth-order valence-corrected chi connectivity index (χ4v) is 2.49. The lowest BCUT2D eigenvalue weighted by molar-refractivity contribution is 0.297. The molecular weight excluding hydrogens is 250 g/mol. The van der Waals surface area contributed by atoms with E-state index in [2.05, 4.69) is 4.98 Å². The predicted octanol–water partition coefficient (Wildman–Crippen LogP) is 2.14. The maximum Gasteiger partial charge on any atom is 0.182 e. The standard InChI is InChI=1S/C12H13N3O2S/c13-11-10(15-12(14)18-11)7-2-3-8-9(6-7)17-5-1-4-16-8/h2-3,6H,1,4-5,13H2,(H2,14,15). The molecule has 18 heavy (non-hydrogen) atoms. The van der Waals surface area contributed by atoms with Gasteiger partial charge in [-0.2, -0.15) is 0 Å². The van der Waals surface area contributed by atoms with E-state index in [1.807, 2.05) is 18.2 Å². The fourth-order valence-electron chi connectivity index (χ4n) is 1.87. The van der Waals surface area contributed by atoms with Crippen LogP contribution < -0.4 is 20.9 Å². The second kappa shape index (κ2) is 4.38. The lowest BCUT2D eigenvalue weighted by Gasteiger charge is -2.08. The molecule has 0 saturated carbocycles. The van der Waals surface area contributed by atoms with E-state index in [4.69, 9.17) is 20.9 Å². The first-order chi connectivity index (χ1) is 8.74. The average Bonchev–Trinajstić information content (AvgIpc) is 2.58. The molecule has 5 nitrogen and oxygen atoms in total. The minimum absolute atomic E-state index is 0.467. The first-order valence-corrected chi connectivity index (χ1v) is 6.47. The fraction of sp³-hybridized carbons (Fsp3) is 0.250. The van der Waals surface area contributed by atoms with Crippen molar-refractivity contribution in [2.24, 2.45) is 0 Å². The van der Waals surface area contributed by atoms with Gasteiger partial charge in [0.15, 0.2) is 16.6 Å². The third kappa shape index (κ3) is 1.95. The molecule has 1 aliphatic heterocycles. The number of fused-ring (bicyclic) bond motifs is 1. The summed E-state index contributed by atoms with van der Waals surface area (Å²) in [5, 5.41) is 1.08. The van der Waals surface area contributed by atoms with Gasteiger partial charge in [-0.3, -0.25) is 0 Å². The highest BCUT2D eigenvalue weighted by atomic mass is 32.1. The summed E-state index contributed by atoms with van der Waals surface area (Å²) in [4.78, 5) is 4.23. The number of aromatic nitrogens is 1. The van der Waals surface area contributed by atoms with Gasteiger partial charge in [0, 0.05) is 12.0 Å². The van der Waals surface area contributed by atoms with Crippen LogP contribution >= 0.6 is 11.3 Å². The number of ether oxygens (including phenoxy) is 2. The molecule has 2 heterocycles. The van der Waals surface area contributed by atoms with Gasteiger partial charge in [-0.15, -0.1) is 0 Å². The van der Waals surface area contributed by atoms with Gasteiger partial charge < -0.3 is 20.9 Å². The monoisotopic (exact) mass is 263 g/mol. The third-order valence-corrected chi connectivity index (χ3v) is 3.40. The Kier molecular flexibility index (Phi) is 2.71. The number of hydrogen-bond donors (Lipinski definition) is 2. The number of benzene rings is 1. The first-order valence-electron chi connectivity index (χ1n) is 5.66. The molecule has 0 fully saturated rings. The van der Waals surface area contributed by atoms with Gasteiger partial charge in [0.2, 0.25) is 0 Å². The summed E-state index contributed by atoms with van der Waals surface area (Å²) in [6.07, 6.45) is 0.885. The summed E-state index contributed by atoms with van der Waals surface area (Å²) in [6, 6.07) is 5.69. The summed E-state index contributed by atoms with van der Waals surface area (Å²) < 4.78 is 11.2. The molecule has 1 aromatic carbocycles. The Balaban J connectivity index is 2.04. The van der Waals surface area contributed by atoms with Crippen molar-refractivity contribution in [3.8, 4) is 22.8 Å². The highest BCUT2D eigenvalue weighted by Gasteiger charge is 2.14. The summed E-state index contributed by atoms with van der Waals surface area (Å²) >= 11 is 1.28. The van der Waals surface area contributed by atoms with Crippen LogP contribution in [0.2, 0.25) is 0 Å². The van der Waals surface area contributed by atoms with Crippen LogP contribution in [-0.4, -0.2) is 18.2 Å². The van der Waals surface area contributed by atoms with Crippen molar-refractivity contribution < 1.29 is 9.47 Å². The number of hydrogen-bond acceptors (Lipinski definition) is 6. The Morgan fingerprint density at radius 1 is 1.11 bits per heavy atom. The van der Waals surface area contributed by atoms with Crippen LogP contribution in [0.4, 0.5) is 10.1 Å². The molecule has 0 unspecified atom stereocenters. The van der Waals surface area contributed by atoms with Gasteiger partial charge in [-0.05, 0) is 18.2 Å². The molecular formula is C12H13N3O2S. The molecule has 0 saturated heterocycles. The van der Waals surface area contributed by atoms with Crippen molar-refractivity contribution in [1.82, 2.24) is 4.98 Å². The first kappa shape index (κ1) is 11.2. The van der Waals surface area contributed by atoms with E-state index in [1.54, 1.807) is 0 Å². The van der Waals surface area contributed by atoms with E-state index in [0.717, 1.165) is 23.5 Å². The van der Waals surface area contributed by atoms with Crippen molar-refractivity contribution in [1.29, 1.82) is 0 Å². The van der Waals surface area contributed by atoms with E-state index in [0.29, 0.717) is 29.0 Å². The van der Waals surface area contributed by atoms with E-state index >= 15 is 0 Å². The van der Waals surface area contributed by atoms with Crippen molar-refractivity contribution >= 4 is 21.5 Å². The maximum atomic E-state index is 5.88. The largest absolute Gasteiger partial charge is 0.490 e. The summed E-state index contributed by atoms with van der Waals surface area (Å²) in [6.45, 7) is 1.34. The minimum atomic E-state index is 0.467. The van der Waals surface area contributed by atoms with Gasteiger partial charge in [-0.25, -0.2) is 4.98 Å². The third-order valence-electron chi connectivity index (χ3n) is 2.69. The Morgan fingerprint density at radius 3 is 2.61 bits per heavy atom. The van der Waals surface area contributed by atoms with E-state index in [-0.39, 0.29) is 0 Å². The zero-order valence-electron chi connectivity index (χ0n) is 9.68. The van der Waals surface area contributed by atoms with Crippen LogP contribution in [0.3, 0.4) is 0 Å². The normalized spacial score (nSPS) is 14.2. The molecule has 6 heteroatoms. The van der Waals surface area contributed by atoms with E-state index < -0.39 is 0 Å². The Labute approximate surface area is 108 Å². The molecule has 0 aliphatic carbocycles. The average molecular weight is 263 g/mol. The molecule has 4 N–H and O–H groups in total. The second-order valence-corrected chi connectivity index (χ2v) is 5.04. The van der Waals surface area contributed by atoms with Gasteiger partial charge in [0.25, 0.3) is 0 Å². The quantitative estimate of drug-likeness (QED) is 0.823. The molecule has 0 spiro atoms. The highest BCUT2D eigenvalue weighted by Crippen LogP contribution is 2.37. The van der Waals surface area contributed by atoms with Gasteiger partial charge in [0.1, 0.15) is 10.7 Å². The van der Waals surface area contributed by atoms with Crippen LogP contribution in [0.5, 0.6) is 11.5 Å². The number of rotatable bonds is 1. The predicted molar refractivity (Wildman–Crippen MR) is 72.0 cm³/mol. The minimum Gasteiger partial charge on any atom is -0.490 e. The zero-order chi connectivity index (χ0) is 12.5. The van der Waals surface area contributed by atoms with Crippen molar-refractivity contribution in [2.75, 3.05) is 24.7 Å².